The van der Waals surface area contributed by atoms with Crippen molar-refractivity contribution in [2.75, 3.05) is 7.11 Å². The number of rotatable bonds is 5. The summed E-state index contributed by atoms with van der Waals surface area (Å²) in [7, 11) is 1.32. The number of thiocarbonyl (C=S) groups is 1. The maximum absolute atomic E-state index is 10.9. The van der Waals surface area contributed by atoms with Crippen LogP contribution in [0.25, 0.3) is 0 Å². The molecule has 0 unspecified atom stereocenters. The van der Waals surface area contributed by atoms with E-state index in [4.69, 9.17) is 17.0 Å². The number of nitrogens with zero attached hydrogens (tertiary/aromatic N) is 2. The van der Waals surface area contributed by atoms with E-state index < -0.39 is 16.4 Å². The molecule has 8 nitrogen and oxygen atoms in total. The minimum atomic E-state index is -0.683. The number of aromatic hydroxyl groups is 1. The van der Waals surface area contributed by atoms with Crippen molar-refractivity contribution < 1.29 is 14.8 Å². The summed E-state index contributed by atoms with van der Waals surface area (Å²) in [6.45, 7) is 0. The van der Waals surface area contributed by atoms with Gasteiger partial charge in [0.1, 0.15) is 0 Å². The van der Waals surface area contributed by atoms with Crippen LogP contribution < -0.4 is 15.5 Å². The summed E-state index contributed by atoms with van der Waals surface area (Å²) in [5.41, 5.74) is 2.66. The maximum atomic E-state index is 10.9. The third-order valence-corrected chi connectivity index (χ3v) is 4.02. The molecule has 1 fully saturated rings. The molecule has 1 aromatic carbocycles. The largest absolute Gasteiger partial charge is 0.500 e. The molecule has 0 spiro atoms. The van der Waals surface area contributed by atoms with Crippen LogP contribution in [0.1, 0.15) is 37.7 Å². The maximum Gasteiger partial charge on any atom is 0.315 e. The molecule has 2 rings (SSSR count). The van der Waals surface area contributed by atoms with Crippen LogP contribution in [-0.2, 0) is 0 Å². The van der Waals surface area contributed by atoms with Crippen molar-refractivity contribution in [3.63, 3.8) is 0 Å². The van der Waals surface area contributed by atoms with Gasteiger partial charge in [-0.05, 0) is 31.1 Å². The first-order valence-corrected chi connectivity index (χ1v) is 8.07. The lowest BCUT2D eigenvalue weighted by atomic mass is 9.96. The van der Waals surface area contributed by atoms with Crippen molar-refractivity contribution in [1.82, 2.24) is 10.7 Å². The highest BCUT2D eigenvalue weighted by atomic mass is 32.1. The summed E-state index contributed by atoms with van der Waals surface area (Å²) >= 11 is 5.18. The first-order valence-electron chi connectivity index (χ1n) is 7.66. The highest BCUT2D eigenvalue weighted by Gasteiger charge is 2.19. The highest BCUT2D eigenvalue weighted by molar-refractivity contribution is 7.80. The average Bonchev–Trinajstić information content (AvgIpc) is 2.56. The van der Waals surface area contributed by atoms with Gasteiger partial charge in [-0.1, -0.05) is 19.3 Å². The predicted molar refractivity (Wildman–Crippen MR) is 94.6 cm³/mol. The molecule has 0 saturated heterocycles. The Morgan fingerprint density at radius 1 is 1.46 bits per heavy atom. The number of methoxy groups -OCH3 is 1. The van der Waals surface area contributed by atoms with Crippen molar-refractivity contribution in [3.8, 4) is 11.5 Å². The monoisotopic (exact) mass is 352 g/mol. The van der Waals surface area contributed by atoms with E-state index in [1.165, 1.54) is 44.7 Å². The molecule has 1 aliphatic carbocycles. The van der Waals surface area contributed by atoms with Gasteiger partial charge in [0.2, 0.25) is 5.75 Å². The van der Waals surface area contributed by atoms with Crippen LogP contribution in [0.3, 0.4) is 0 Å². The molecule has 1 aromatic rings. The highest BCUT2D eigenvalue weighted by Crippen LogP contribution is 2.36. The lowest BCUT2D eigenvalue weighted by Crippen LogP contribution is -2.40. The third-order valence-electron chi connectivity index (χ3n) is 3.81. The summed E-state index contributed by atoms with van der Waals surface area (Å²) in [5, 5.41) is 28.3. The van der Waals surface area contributed by atoms with E-state index in [0.29, 0.717) is 16.7 Å². The van der Waals surface area contributed by atoms with Gasteiger partial charge in [-0.3, -0.25) is 15.5 Å². The molecule has 9 heteroatoms. The number of hydrogen-bond acceptors (Lipinski definition) is 6. The second kappa shape index (κ2) is 8.44. The first-order chi connectivity index (χ1) is 11.5. The van der Waals surface area contributed by atoms with E-state index in [0.717, 1.165) is 12.8 Å². The van der Waals surface area contributed by atoms with Crippen LogP contribution in [0.2, 0.25) is 0 Å². The Labute approximate surface area is 145 Å². The number of hydrogen-bond donors (Lipinski definition) is 3. The van der Waals surface area contributed by atoms with Gasteiger partial charge in [-0.25, -0.2) is 0 Å². The summed E-state index contributed by atoms with van der Waals surface area (Å²) in [6, 6.07) is 3.02. The lowest BCUT2D eigenvalue weighted by molar-refractivity contribution is -0.386. The normalized spacial score (nSPS) is 15.2. The fraction of sp³-hybridized carbons (Fsp3) is 0.467. The molecule has 1 aliphatic rings. The number of benzene rings is 1. The number of phenolic OH excluding ortho intramolecular Hbond substituents is 1. The van der Waals surface area contributed by atoms with Crippen molar-refractivity contribution in [1.29, 1.82) is 0 Å². The summed E-state index contributed by atoms with van der Waals surface area (Å²) in [5.74, 6) is -0.504. The van der Waals surface area contributed by atoms with Gasteiger partial charge in [0, 0.05) is 17.7 Å². The van der Waals surface area contributed by atoms with E-state index in [-0.39, 0.29) is 5.75 Å². The van der Waals surface area contributed by atoms with E-state index >= 15 is 0 Å². The molecule has 24 heavy (non-hydrogen) atoms. The fourth-order valence-electron chi connectivity index (χ4n) is 2.61. The molecule has 130 valence electrons. The number of nitro benzene ring substituents is 1. The number of phenols is 1. The quantitative estimate of drug-likeness (QED) is 0.323. The van der Waals surface area contributed by atoms with Gasteiger partial charge in [0.25, 0.3) is 0 Å². The lowest BCUT2D eigenvalue weighted by Gasteiger charge is -2.23. The standard InChI is InChI=1S/C15H20N4O4S/c1-23-13-8-10(7-12(14(13)20)19(21)22)9-16-18-15(24)17-11-5-3-2-4-6-11/h7-9,11,20H,2-6H2,1H3,(H2,17,18,24)/b16-9+. The van der Waals surface area contributed by atoms with Gasteiger partial charge in [-0.2, -0.15) is 5.10 Å². The predicted octanol–water partition coefficient (Wildman–Crippen LogP) is 2.44. The zero-order valence-corrected chi connectivity index (χ0v) is 14.1. The Bertz CT molecular complexity index is 645. The van der Waals surface area contributed by atoms with Gasteiger partial charge < -0.3 is 15.2 Å². The number of ether oxygens (including phenoxy) is 1. The molecular weight excluding hydrogens is 332 g/mol. The zero-order valence-electron chi connectivity index (χ0n) is 13.3. The van der Waals surface area contributed by atoms with E-state index in [1.807, 2.05) is 0 Å². The first kappa shape index (κ1) is 17.9. The van der Waals surface area contributed by atoms with Crippen LogP contribution in [0.4, 0.5) is 5.69 Å². The second-order valence-electron chi connectivity index (χ2n) is 5.53. The SMILES string of the molecule is COc1cc(/C=N/NC(=S)NC2CCCCC2)cc([N+](=O)[O-])c1O. The van der Waals surface area contributed by atoms with Crippen LogP contribution in [0.15, 0.2) is 17.2 Å². The smallest absolute Gasteiger partial charge is 0.315 e. The molecule has 0 radical (unpaired) electrons. The Kier molecular flexibility index (Phi) is 6.30. The Morgan fingerprint density at radius 3 is 2.79 bits per heavy atom. The van der Waals surface area contributed by atoms with Gasteiger partial charge in [-0.15, -0.1) is 0 Å². The number of hydrazone groups is 1. The van der Waals surface area contributed by atoms with Gasteiger partial charge >= 0.3 is 5.69 Å². The molecule has 0 bridgehead atoms. The molecule has 1 saturated carbocycles. The van der Waals surface area contributed by atoms with E-state index in [9.17, 15) is 15.2 Å². The van der Waals surface area contributed by atoms with Gasteiger partial charge in [0.05, 0.1) is 18.2 Å². The Hall–Kier alpha value is -2.42. The second-order valence-corrected chi connectivity index (χ2v) is 5.93. The third kappa shape index (κ3) is 4.79. The molecule has 0 amide bonds. The topological polar surface area (TPSA) is 109 Å². The van der Waals surface area contributed by atoms with Crippen molar-refractivity contribution in [3.05, 3.63) is 27.8 Å². The summed E-state index contributed by atoms with van der Waals surface area (Å²) in [6.07, 6.45) is 7.21. The van der Waals surface area contributed by atoms with Crippen molar-refractivity contribution >= 4 is 29.2 Å². The van der Waals surface area contributed by atoms with Crippen molar-refractivity contribution in [2.24, 2.45) is 5.10 Å². The molecular formula is C15H20N4O4S. The molecule has 0 aromatic heterocycles. The minimum absolute atomic E-state index is 0.00792. The molecule has 3 N–H and O–H groups in total. The van der Waals surface area contributed by atoms with E-state index in [1.54, 1.807) is 0 Å². The van der Waals surface area contributed by atoms with Crippen LogP contribution in [0.5, 0.6) is 11.5 Å². The van der Waals surface area contributed by atoms with Crippen LogP contribution >= 0.6 is 12.2 Å². The minimum Gasteiger partial charge on any atom is -0.500 e. The zero-order chi connectivity index (χ0) is 17.5. The summed E-state index contributed by atoms with van der Waals surface area (Å²) < 4.78 is 4.93. The number of nitrogens with one attached hydrogen (secondary N) is 2. The summed E-state index contributed by atoms with van der Waals surface area (Å²) in [4.78, 5) is 10.3. The molecule has 0 aliphatic heterocycles. The number of nitro groups is 1. The molecule has 0 heterocycles. The van der Waals surface area contributed by atoms with Crippen molar-refractivity contribution in [2.45, 2.75) is 38.1 Å². The Balaban J connectivity index is 1.99. The molecule has 0 atom stereocenters. The van der Waals surface area contributed by atoms with E-state index in [2.05, 4.69) is 15.8 Å². The van der Waals surface area contributed by atoms with Crippen LogP contribution in [-0.4, -0.2) is 34.5 Å². The van der Waals surface area contributed by atoms with Gasteiger partial charge in [0.15, 0.2) is 10.9 Å². The average molecular weight is 352 g/mol. The van der Waals surface area contributed by atoms with Crippen LogP contribution in [0, 0.1) is 10.1 Å². The fourth-order valence-corrected chi connectivity index (χ4v) is 2.83. The Morgan fingerprint density at radius 2 is 2.17 bits per heavy atom.